The Morgan fingerprint density at radius 2 is 2.00 bits per heavy atom. The van der Waals surface area contributed by atoms with Crippen LogP contribution in [0.15, 0.2) is 30.5 Å². The number of rotatable bonds is 0. The van der Waals surface area contributed by atoms with E-state index in [-0.39, 0.29) is 0 Å². The molecule has 0 radical (unpaired) electrons. The Hall–Kier alpha value is -1.19. The quantitative estimate of drug-likeness (QED) is 0.580. The van der Waals surface area contributed by atoms with Gasteiger partial charge >= 0.3 is 0 Å². The number of hydrogen-bond acceptors (Lipinski definition) is 3. The number of nitrogens with zero attached hydrogens (tertiary/aromatic N) is 2. The van der Waals surface area contributed by atoms with E-state index in [1.165, 1.54) is 10.1 Å². The monoisotopic (exact) mass is 220 g/mol. The molecule has 0 aliphatic carbocycles. The van der Waals surface area contributed by atoms with Crippen molar-refractivity contribution in [2.75, 3.05) is 0 Å². The predicted octanol–water partition coefficient (Wildman–Crippen LogP) is 3.50. The Kier molecular flexibility index (Phi) is 1.69. The molecular formula is C10H5ClN2S. The van der Waals surface area contributed by atoms with Gasteiger partial charge in [-0.1, -0.05) is 29.8 Å². The smallest absolute Gasteiger partial charge is 0.157 e. The van der Waals surface area contributed by atoms with Gasteiger partial charge in [-0.25, -0.2) is 0 Å². The van der Waals surface area contributed by atoms with Crippen molar-refractivity contribution in [3.05, 3.63) is 35.6 Å². The topological polar surface area (TPSA) is 25.8 Å². The zero-order valence-electron chi connectivity index (χ0n) is 7.07. The molecule has 0 fully saturated rings. The first-order valence-electron chi connectivity index (χ1n) is 4.15. The van der Waals surface area contributed by atoms with Gasteiger partial charge in [0.1, 0.15) is 0 Å². The van der Waals surface area contributed by atoms with Crippen LogP contribution in [0.3, 0.4) is 0 Å². The van der Waals surface area contributed by atoms with Gasteiger partial charge in [-0.2, -0.15) is 5.10 Å². The van der Waals surface area contributed by atoms with Gasteiger partial charge in [-0.3, -0.25) is 0 Å². The maximum Gasteiger partial charge on any atom is 0.169 e. The molecule has 1 aromatic carbocycles. The van der Waals surface area contributed by atoms with Gasteiger partial charge in [0.25, 0.3) is 0 Å². The summed E-state index contributed by atoms with van der Waals surface area (Å²) in [5, 5.41) is 10.5. The van der Waals surface area contributed by atoms with Crippen molar-refractivity contribution in [2.45, 2.75) is 0 Å². The van der Waals surface area contributed by atoms with E-state index in [1.54, 1.807) is 17.5 Å². The number of benzene rings is 1. The van der Waals surface area contributed by atoms with E-state index in [0.717, 1.165) is 10.1 Å². The van der Waals surface area contributed by atoms with Crippen LogP contribution in [0, 0.1) is 0 Å². The third kappa shape index (κ3) is 1.03. The van der Waals surface area contributed by atoms with Crippen molar-refractivity contribution in [3.63, 3.8) is 0 Å². The molecule has 0 saturated carbocycles. The average molecular weight is 221 g/mol. The largest absolute Gasteiger partial charge is 0.169 e. The minimum absolute atomic E-state index is 0.490. The van der Waals surface area contributed by atoms with Crippen LogP contribution < -0.4 is 0 Å². The summed E-state index contributed by atoms with van der Waals surface area (Å²) < 4.78 is 2.24. The summed E-state index contributed by atoms with van der Waals surface area (Å²) in [5.74, 6) is 0. The van der Waals surface area contributed by atoms with Gasteiger partial charge in [0.2, 0.25) is 0 Å². The van der Waals surface area contributed by atoms with Crippen molar-refractivity contribution in [1.29, 1.82) is 0 Å². The maximum absolute atomic E-state index is 5.97. The van der Waals surface area contributed by atoms with Crippen molar-refractivity contribution in [3.8, 4) is 0 Å². The summed E-state index contributed by atoms with van der Waals surface area (Å²) in [6.07, 6.45) is 1.76. The van der Waals surface area contributed by atoms with Crippen LogP contribution in [-0.4, -0.2) is 10.2 Å². The zero-order valence-corrected chi connectivity index (χ0v) is 8.64. The highest BCUT2D eigenvalue weighted by molar-refractivity contribution is 7.26. The fourth-order valence-corrected chi connectivity index (χ4v) is 2.84. The highest BCUT2D eigenvalue weighted by Crippen LogP contribution is 2.35. The molecule has 2 aromatic heterocycles. The third-order valence-corrected chi connectivity index (χ3v) is 3.72. The summed E-state index contributed by atoms with van der Waals surface area (Å²) in [6.45, 7) is 0. The minimum Gasteiger partial charge on any atom is -0.157 e. The fourth-order valence-electron chi connectivity index (χ4n) is 1.53. The van der Waals surface area contributed by atoms with Gasteiger partial charge in [-0.05, 0) is 6.07 Å². The van der Waals surface area contributed by atoms with Crippen LogP contribution in [-0.2, 0) is 0 Å². The molecule has 0 saturated heterocycles. The van der Waals surface area contributed by atoms with E-state index in [9.17, 15) is 0 Å². The van der Waals surface area contributed by atoms with Gasteiger partial charge < -0.3 is 0 Å². The van der Waals surface area contributed by atoms with Crippen molar-refractivity contribution < 1.29 is 0 Å². The van der Waals surface area contributed by atoms with Gasteiger partial charge in [0.15, 0.2) is 5.15 Å². The van der Waals surface area contributed by atoms with E-state index >= 15 is 0 Å². The molecule has 14 heavy (non-hydrogen) atoms. The average Bonchev–Trinajstić information content (AvgIpc) is 2.59. The van der Waals surface area contributed by atoms with Crippen molar-refractivity contribution in [2.24, 2.45) is 0 Å². The lowest BCUT2D eigenvalue weighted by atomic mass is 10.2. The van der Waals surface area contributed by atoms with Gasteiger partial charge in [0, 0.05) is 15.5 Å². The standard InChI is InChI=1S/C10H5ClN2S/c11-10-9-7(5-12-13-10)6-3-1-2-4-8(6)14-9/h1-5H. The molecule has 0 atom stereocenters. The lowest BCUT2D eigenvalue weighted by molar-refractivity contribution is 1.05. The molecule has 0 bridgehead atoms. The van der Waals surface area contributed by atoms with E-state index < -0.39 is 0 Å². The molecule has 3 rings (SSSR count). The highest BCUT2D eigenvalue weighted by atomic mass is 35.5. The van der Waals surface area contributed by atoms with Gasteiger partial charge in [-0.15, -0.1) is 16.4 Å². The summed E-state index contributed by atoms with van der Waals surface area (Å²) in [4.78, 5) is 0. The molecule has 0 N–H and O–H groups in total. The van der Waals surface area contributed by atoms with Crippen LogP contribution in [0.1, 0.15) is 0 Å². The molecule has 0 aliphatic heterocycles. The highest BCUT2D eigenvalue weighted by Gasteiger charge is 2.07. The maximum atomic E-state index is 5.97. The second kappa shape index (κ2) is 2.90. The Labute approximate surface area is 89.1 Å². The molecule has 0 aliphatic rings. The van der Waals surface area contributed by atoms with Crippen molar-refractivity contribution in [1.82, 2.24) is 10.2 Å². The SMILES string of the molecule is Clc1nncc2c1sc1ccccc12. The van der Waals surface area contributed by atoms with Crippen molar-refractivity contribution >= 4 is 43.1 Å². The van der Waals surface area contributed by atoms with E-state index in [4.69, 9.17) is 11.6 Å². The summed E-state index contributed by atoms with van der Waals surface area (Å²) in [7, 11) is 0. The number of hydrogen-bond donors (Lipinski definition) is 0. The molecule has 0 amide bonds. The predicted molar refractivity (Wildman–Crippen MR) is 59.9 cm³/mol. The summed E-state index contributed by atoms with van der Waals surface area (Å²) in [6, 6.07) is 8.19. The molecular weight excluding hydrogens is 216 g/mol. The lowest BCUT2D eigenvalue weighted by Gasteiger charge is -1.89. The minimum atomic E-state index is 0.490. The lowest BCUT2D eigenvalue weighted by Crippen LogP contribution is -1.78. The molecule has 4 heteroatoms. The number of halogens is 1. The zero-order chi connectivity index (χ0) is 9.54. The summed E-state index contributed by atoms with van der Waals surface area (Å²) >= 11 is 7.62. The first kappa shape index (κ1) is 8.15. The van der Waals surface area contributed by atoms with Gasteiger partial charge in [0.05, 0.1) is 10.9 Å². The summed E-state index contributed by atoms with van der Waals surface area (Å²) in [5.41, 5.74) is 0. The first-order valence-corrected chi connectivity index (χ1v) is 5.34. The molecule has 3 aromatic rings. The second-order valence-corrected chi connectivity index (χ2v) is 4.39. The number of thiophene rings is 1. The molecule has 2 heterocycles. The molecule has 2 nitrogen and oxygen atoms in total. The second-order valence-electron chi connectivity index (χ2n) is 2.98. The van der Waals surface area contributed by atoms with Crippen LogP contribution >= 0.6 is 22.9 Å². The van der Waals surface area contributed by atoms with Crippen LogP contribution in [0.5, 0.6) is 0 Å². The fraction of sp³-hybridized carbons (Fsp3) is 0. The van der Waals surface area contributed by atoms with Crippen LogP contribution in [0.25, 0.3) is 20.2 Å². The number of fused-ring (bicyclic) bond motifs is 3. The Morgan fingerprint density at radius 3 is 2.93 bits per heavy atom. The van der Waals surface area contributed by atoms with E-state index in [1.807, 2.05) is 12.1 Å². The van der Waals surface area contributed by atoms with E-state index in [0.29, 0.717) is 5.15 Å². The normalized spacial score (nSPS) is 11.2. The third-order valence-electron chi connectivity index (χ3n) is 2.15. The Balaban J connectivity index is 2.63. The first-order chi connectivity index (χ1) is 6.86. The molecule has 0 spiro atoms. The molecule has 68 valence electrons. The van der Waals surface area contributed by atoms with Crippen LogP contribution in [0.2, 0.25) is 5.15 Å². The van der Waals surface area contributed by atoms with E-state index in [2.05, 4.69) is 22.3 Å². The Morgan fingerprint density at radius 1 is 1.14 bits per heavy atom. The number of aromatic nitrogens is 2. The molecule has 0 unspecified atom stereocenters. The Bertz CT molecular complexity index is 618. The van der Waals surface area contributed by atoms with Crippen LogP contribution in [0.4, 0.5) is 0 Å².